The first-order valence-electron chi connectivity index (χ1n) is 3.50. The van der Waals surface area contributed by atoms with Gasteiger partial charge in [0.1, 0.15) is 0 Å². The molecule has 0 spiro atoms. The normalized spacial score (nSPS) is 16.3. The lowest BCUT2D eigenvalue weighted by Gasteiger charge is -2.15. The SMILES string of the molecule is CCOC(C)C(C)C(N)=O. The maximum Gasteiger partial charge on any atom is 0.222 e. The molecule has 0 aromatic rings. The molecular formula is C7H15NO2. The van der Waals surface area contributed by atoms with Crippen LogP contribution >= 0.6 is 0 Å². The van der Waals surface area contributed by atoms with Gasteiger partial charge >= 0.3 is 0 Å². The fourth-order valence-electron chi connectivity index (χ4n) is 0.639. The molecule has 0 radical (unpaired) electrons. The molecule has 0 aromatic carbocycles. The Kier molecular flexibility index (Phi) is 4.03. The number of hydrogen-bond acceptors (Lipinski definition) is 2. The smallest absolute Gasteiger partial charge is 0.222 e. The third-order valence-electron chi connectivity index (χ3n) is 1.58. The van der Waals surface area contributed by atoms with Crippen LogP contribution in [0, 0.1) is 5.92 Å². The van der Waals surface area contributed by atoms with E-state index in [1.54, 1.807) is 6.92 Å². The Labute approximate surface area is 61.5 Å². The predicted molar refractivity (Wildman–Crippen MR) is 39.4 cm³/mol. The molecule has 10 heavy (non-hydrogen) atoms. The zero-order valence-corrected chi connectivity index (χ0v) is 6.76. The summed E-state index contributed by atoms with van der Waals surface area (Å²) in [7, 11) is 0. The third-order valence-corrected chi connectivity index (χ3v) is 1.58. The largest absolute Gasteiger partial charge is 0.378 e. The van der Waals surface area contributed by atoms with E-state index < -0.39 is 0 Å². The minimum atomic E-state index is -0.305. The van der Waals surface area contributed by atoms with E-state index in [-0.39, 0.29) is 17.9 Å². The van der Waals surface area contributed by atoms with Crippen LogP contribution in [0.15, 0.2) is 0 Å². The molecule has 2 unspecified atom stereocenters. The second-order valence-corrected chi connectivity index (χ2v) is 2.35. The second kappa shape index (κ2) is 4.28. The summed E-state index contributed by atoms with van der Waals surface area (Å²) in [4.78, 5) is 10.6. The van der Waals surface area contributed by atoms with E-state index >= 15 is 0 Å². The Bertz CT molecular complexity index is 114. The fraction of sp³-hybridized carbons (Fsp3) is 0.857. The molecule has 0 rings (SSSR count). The van der Waals surface area contributed by atoms with E-state index in [1.807, 2.05) is 13.8 Å². The van der Waals surface area contributed by atoms with Crippen molar-refractivity contribution < 1.29 is 9.53 Å². The van der Waals surface area contributed by atoms with E-state index in [1.165, 1.54) is 0 Å². The first-order valence-corrected chi connectivity index (χ1v) is 3.50. The van der Waals surface area contributed by atoms with Gasteiger partial charge in [-0.3, -0.25) is 4.79 Å². The van der Waals surface area contributed by atoms with Crippen LogP contribution in [0.2, 0.25) is 0 Å². The van der Waals surface area contributed by atoms with Crippen molar-refractivity contribution in [3.05, 3.63) is 0 Å². The van der Waals surface area contributed by atoms with Gasteiger partial charge in [-0.1, -0.05) is 6.92 Å². The Hall–Kier alpha value is -0.570. The van der Waals surface area contributed by atoms with Crippen molar-refractivity contribution in [3.8, 4) is 0 Å². The highest BCUT2D eigenvalue weighted by Gasteiger charge is 2.16. The summed E-state index contributed by atoms with van der Waals surface area (Å²) < 4.78 is 5.16. The Morgan fingerprint density at radius 1 is 1.60 bits per heavy atom. The summed E-state index contributed by atoms with van der Waals surface area (Å²) in [5, 5.41) is 0. The molecule has 0 saturated heterocycles. The molecule has 3 nitrogen and oxygen atoms in total. The lowest BCUT2D eigenvalue weighted by Crippen LogP contribution is -2.31. The molecule has 2 atom stereocenters. The van der Waals surface area contributed by atoms with Gasteiger partial charge < -0.3 is 10.5 Å². The number of rotatable bonds is 4. The van der Waals surface area contributed by atoms with Crippen molar-refractivity contribution in [2.24, 2.45) is 11.7 Å². The quantitative estimate of drug-likeness (QED) is 0.627. The highest BCUT2D eigenvalue weighted by Crippen LogP contribution is 2.04. The number of primary amides is 1. The van der Waals surface area contributed by atoms with Crippen LogP contribution in [-0.2, 0) is 9.53 Å². The molecule has 2 N–H and O–H groups in total. The summed E-state index contributed by atoms with van der Waals surface area (Å²) in [6.45, 7) is 6.13. The van der Waals surface area contributed by atoms with Crippen LogP contribution in [0.4, 0.5) is 0 Å². The lowest BCUT2D eigenvalue weighted by molar-refractivity contribution is -0.125. The van der Waals surface area contributed by atoms with E-state index in [0.29, 0.717) is 6.61 Å². The van der Waals surface area contributed by atoms with Gasteiger partial charge in [0.2, 0.25) is 5.91 Å². The maximum atomic E-state index is 10.6. The summed E-state index contributed by atoms with van der Waals surface area (Å²) in [5.41, 5.74) is 5.05. The summed E-state index contributed by atoms with van der Waals surface area (Å²) >= 11 is 0. The van der Waals surface area contributed by atoms with Crippen LogP contribution in [0.1, 0.15) is 20.8 Å². The summed E-state index contributed by atoms with van der Waals surface area (Å²) in [6, 6.07) is 0. The maximum absolute atomic E-state index is 10.6. The molecule has 0 aliphatic carbocycles. The van der Waals surface area contributed by atoms with Crippen molar-refractivity contribution in [2.45, 2.75) is 26.9 Å². The Morgan fingerprint density at radius 3 is 2.40 bits per heavy atom. The Morgan fingerprint density at radius 2 is 2.10 bits per heavy atom. The second-order valence-electron chi connectivity index (χ2n) is 2.35. The first-order chi connectivity index (χ1) is 4.59. The molecule has 0 saturated carbocycles. The summed E-state index contributed by atoms with van der Waals surface area (Å²) in [5.74, 6) is -0.499. The number of carbonyl (C=O) groups is 1. The number of carbonyl (C=O) groups excluding carboxylic acids is 1. The fourth-order valence-corrected chi connectivity index (χ4v) is 0.639. The van der Waals surface area contributed by atoms with Gasteiger partial charge in [0.15, 0.2) is 0 Å². The zero-order valence-electron chi connectivity index (χ0n) is 6.76. The topological polar surface area (TPSA) is 52.3 Å². The van der Waals surface area contributed by atoms with Gasteiger partial charge in [-0.15, -0.1) is 0 Å². The van der Waals surface area contributed by atoms with Crippen LogP contribution in [0.3, 0.4) is 0 Å². The molecule has 0 fully saturated rings. The van der Waals surface area contributed by atoms with Crippen LogP contribution < -0.4 is 5.73 Å². The van der Waals surface area contributed by atoms with Crippen LogP contribution in [-0.4, -0.2) is 18.6 Å². The first kappa shape index (κ1) is 9.43. The number of nitrogens with two attached hydrogens (primary N) is 1. The zero-order chi connectivity index (χ0) is 8.15. The molecule has 1 amide bonds. The minimum absolute atomic E-state index is 0.0671. The van der Waals surface area contributed by atoms with Gasteiger partial charge in [-0.2, -0.15) is 0 Å². The molecule has 0 aromatic heterocycles. The van der Waals surface area contributed by atoms with E-state index in [4.69, 9.17) is 10.5 Å². The standard InChI is InChI=1S/C7H15NO2/c1-4-10-6(3)5(2)7(8)9/h5-6H,4H2,1-3H3,(H2,8,9). The van der Waals surface area contributed by atoms with Crippen molar-refractivity contribution in [1.29, 1.82) is 0 Å². The molecule has 0 heterocycles. The van der Waals surface area contributed by atoms with E-state index in [2.05, 4.69) is 0 Å². The predicted octanol–water partition coefficient (Wildman–Crippen LogP) is 0.533. The van der Waals surface area contributed by atoms with Crippen molar-refractivity contribution >= 4 is 5.91 Å². The molecule has 60 valence electrons. The highest BCUT2D eigenvalue weighted by molar-refractivity contribution is 5.76. The van der Waals surface area contributed by atoms with Crippen LogP contribution in [0.25, 0.3) is 0 Å². The van der Waals surface area contributed by atoms with Crippen LogP contribution in [0.5, 0.6) is 0 Å². The third kappa shape index (κ3) is 2.82. The summed E-state index contributed by atoms with van der Waals surface area (Å²) in [6.07, 6.45) is -0.0671. The number of hydrogen-bond donors (Lipinski definition) is 1. The molecular weight excluding hydrogens is 130 g/mol. The highest BCUT2D eigenvalue weighted by atomic mass is 16.5. The molecule has 0 bridgehead atoms. The van der Waals surface area contributed by atoms with Gasteiger partial charge in [0.05, 0.1) is 12.0 Å². The average molecular weight is 145 g/mol. The van der Waals surface area contributed by atoms with Crippen molar-refractivity contribution in [3.63, 3.8) is 0 Å². The number of amides is 1. The monoisotopic (exact) mass is 145 g/mol. The van der Waals surface area contributed by atoms with E-state index in [0.717, 1.165) is 0 Å². The van der Waals surface area contributed by atoms with Crippen molar-refractivity contribution in [1.82, 2.24) is 0 Å². The molecule has 0 aliphatic rings. The van der Waals surface area contributed by atoms with Gasteiger partial charge in [0, 0.05) is 6.61 Å². The van der Waals surface area contributed by atoms with E-state index in [9.17, 15) is 4.79 Å². The molecule has 0 aliphatic heterocycles. The lowest BCUT2D eigenvalue weighted by atomic mass is 10.1. The molecule has 3 heteroatoms. The Balaban J connectivity index is 3.69. The van der Waals surface area contributed by atoms with Gasteiger partial charge in [0.25, 0.3) is 0 Å². The van der Waals surface area contributed by atoms with Crippen molar-refractivity contribution in [2.75, 3.05) is 6.61 Å². The number of ether oxygens (including phenoxy) is 1. The average Bonchev–Trinajstić information content (AvgIpc) is 1.87. The van der Waals surface area contributed by atoms with Gasteiger partial charge in [-0.05, 0) is 13.8 Å². The minimum Gasteiger partial charge on any atom is -0.378 e. The van der Waals surface area contributed by atoms with Gasteiger partial charge in [-0.25, -0.2) is 0 Å².